The molecular formula is C8H8N2O3S. The molecule has 14 heavy (non-hydrogen) atoms. The summed E-state index contributed by atoms with van der Waals surface area (Å²) in [6.07, 6.45) is 0.658. The Morgan fingerprint density at radius 3 is 2.93 bits per heavy atom. The highest BCUT2D eigenvalue weighted by atomic mass is 32.1. The molecule has 2 N–H and O–H groups in total. The first-order chi connectivity index (χ1) is 6.58. The van der Waals surface area contributed by atoms with Gasteiger partial charge < -0.3 is 15.4 Å². The molecule has 2 unspecified atom stereocenters. The highest BCUT2D eigenvalue weighted by Crippen LogP contribution is 2.23. The van der Waals surface area contributed by atoms with Gasteiger partial charge >= 0.3 is 5.97 Å². The molecule has 0 aromatic rings. The van der Waals surface area contributed by atoms with E-state index in [2.05, 4.69) is 10.6 Å². The van der Waals surface area contributed by atoms with Crippen molar-refractivity contribution in [2.24, 2.45) is 5.92 Å². The van der Waals surface area contributed by atoms with Crippen LogP contribution in [0.1, 0.15) is 6.92 Å². The van der Waals surface area contributed by atoms with Crippen molar-refractivity contribution in [3.63, 3.8) is 0 Å². The minimum atomic E-state index is -0.659. The van der Waals surface area contributed by atoms with E-state index < -0.39 is 18.1 Å². The van der Waals surface area contributed by atoms with Crippen LogP contribution in [0.2, 0.25) is 0 Å². The third-order valence-electron chi connectivity index (χ3n) is 2.17. The molecule has 2 atom stereocenters. The zero-order valence-corrected chi connectivity index (χ0v) is 8.18. The Kier molecular flexibility index (Phi) is 1.99. The molecule has 0 bridgehead atoms. The van der Waals surface area contributed by atoms with Crippen LogP contribution in [-0.4, -0.2) is 23.2 Å². The van der Waals surface area contributed by atoms with E-state index in [1.165, 1.54) is 6.08 Å². The third-order valence-corrected chi connectivity index (χ3v) is 2.39. The second-order valence-corrected chi connectivity index (χ2v) is 3.59. The lowest BCUT2D eigenvalue weighted by Crippen LogP contribution is -2.60. The van der Waals surface area contributed by atoms with Crippen molar-refractivity contribution in [2.45, 2.75) is 13.2 Å². The highest BCUT2D eigenvalue weighted by Gasteiger charge is 2.40. The second kappa shape index (κ2) is 3.06. The molecule has 0 aliphatic carbocycles. The lowest BCUT2D eigenvalue weighted by atomic mass is 9.94. The monoisotopic (exact) mass is 212 g/mol. The largest absolute Gasteiger partial charge is 0.437 e. The number of hydrogen-bond donors (Lipinski definition) is 2. The first-order valence-corrected chi connectivity index (χ1v) is 4.49. The summed E-state index contributed by atoms with van der Waals surface area (Å²) in [5, 5.41) is 5.39. The molecule has 2 rings (SSSR count). The molecule has 2 heterocycles. The number of rotatable bonds is 0. The molecule has 0 saturated carbocycles. The summed E-state index contributed by atoms with van der Waals surface area (Å²) < 4.78 is 4.93. The van der Waals surface area contributed by atoms with Crippen LogP contribution in [0.25, 0.3) is 0 Å². The SMILES string of the molecule is CC1=CC(=O)OC2NC(=S)NC(=O)C12. The van der Waals surface area contributed by atoms with E-state index in [-0.39, 0.29) is 11.0 Å². The normalized spacial score (nSPS) is 30.9. The number of hydrogen-bond acceptors (Lipinski definition) is 4. The Morgan fingerprint density at radius 2 is 2.21 bits per heavy atom. The molecule has 0 aromatic carbocycles. The Morgan fingerprint density at radius 1 is 1.50 bits per heavy atom. The topological polar surface area (TPSA) is 67.4 Å². The third kappa shape index (κ3) is 1.37. The summed E-state index contributed by atoms with van der Waals surface area (Å²) in [4.78, 5) is 22.5. The van der Waals surface area contributed by atoms with Crippen LogP contribution < -0.4 is 10.6 Å². The highest BCUT2D eigenvalue weighted by molar-refractivity contribution is 7.80. The van der Waals surface area contributed by atoms with E-state index in [0.717, 1.165) is 0 Å². The van der Waals surface area contributed by atoms with E-state index in [1.54, 1.807) is 6.92 Å². The summed E-state index contributed by atoms with van der Waals surface area (Å²) in [5.41, 5.74) is 0.679. The Balaban J connectivity index is 2.33. The van der Waals surface area contributed by atoms with Crippen LogP contribution >= 0.6 is 12.2 Å². The van der Waals surface area contributed by atoms with Crippen molar-refractivity contribution >= 4 is 29.2 Å². The van der Waals surface area contributed by atoms with Crippen LogP contribution in [0.5, 0.6) is 0 Å². The molecule has 0 radical (unpaired) electrons. The number of fused-ring (bicyclic) bond motifs is 1. The van der Waals surface area contributed by atoms with Gasteiger partial charge in [0, 0.05) is 6.08 Å². The Hall–Kier alpha value is -1.43. The number of esters is 1. The predicted molar refractivity (Wildman–Crippen MR) is 51.0 cm³/mol. The molecule has 74 valence electrons. The lowest BCUT2D eigenvalue weighted by molar-refractivity contribution is -0.151. The predicted octanol–water partition coefficient (Wildman–Crippen LogP) is -0.564. The van der Waals surface area contributed by atoms with E-state index in [0.29, 0.717) is 5.57 Å². The van der Waals surface area contributed by atoms with Gasteiger partial charge in [0.1, 0.15) is 5.92 Å². The van der Waals surface area contributed by atoms with Crippen LogP contribution in [0, 0.1) is 5.92 Å². The number of nitrogens with one attached hydrogen (secondary N) is 2. The number of amides is 1. The average molecular weight is 212 g/mol. The van der Waals surface area contributed by atoms with Gasteiger partial charge in [0.2, 0.25) is 5.91 Å². The van der Waals surface area contributed by atoms with Gasteiger partial charge in [-0.3, -0.25) is 4.79 Å². The van der Waals surface area contributed by atoms with Crippen molar-refractivity contribution in [3.8, 4) is 0 Å². The molecule has 0 spiro atoms. The van der Waals surface area contributed by atoms with Crippen molar-refractivity contribution < 1.29 is 14.3 Å². The van der Waals surface area contributed by atoms with Gasteiger partial charge in [-0.1, -0.05) is 0 Å². The fourth-order valence-electron chi connectivity index (χ4n) is 1.55. The van der Waals surface area contributed by atoms with Crippen molar-refractivity contribution in [1.82, 2.24) is 10.6 Å². The van der Waals surface area contributed by atoms with Gasteiger partial charge in [0.15, 0.2) is 11.3 Å². The summed E-state index contributed by atoms with van der Waals surface area (Å²) in [6, 6.07) is 0. The smallest absolute Gasteiger partial charge is 0.332 e. The quantitative estimate of drug-likeness (QED) is 0.416. The standard InChI is InChI=1S/C8H8N2O3S/c1-3-2-4(11)13-7-5(3)6(12)9-8(14)10-7/h2,5,7H,1H3,(H2,9,10,12,14). The minimum Gasteiger partial charge on any atom is -0.437 e. The van der Waals surface area contributed by atoms with Gasteiger partial charge in [0.25, 0.3) is 0 Å². The minimum absolute atomic E-state index is 0.193. The molecular weight excluding hydrogens is 204 g/mol. The Labute approximate surface area is 85.5 Å². The van der Waals surface area contributed by atoms with Gasteiger partial charge in [-0.25, -0.2) is 4.79 Å². The summed E-state index contributed by atoms with van der Waals surface area (Å²) in [6.45, 7) is 1.72. The second-order valence-electron chi connectivity index (χ2n) is 3.19. The van der Waals surface area contributed by atoms with E-state index in [9.17, 15) is 9.59 Å². The first kappa shape index (κ1) is 9.14. The molecule has 0 aromatic heterocycles. The Bertz CT molecular complexity index is 364. The van der Waals surface area contributed by atoms with Crippen molar-refractivity contribution in [2.75, 3.05) is 0 Å². The van der Waals surface area contributed by atoms with Crippen LogP contribution in [-0.2, 0) is 14.3 Å². The molecule has 2 aliphatic heterocycles. The van der Waals surface area contributed by atoms with Gasteiger partial charge in [-0.2, -0.15) is 0 Å². The zero-order valence-electron chi connectivity index (χ0n) is 7.37. The van der Waals surface area contributed by atoms with E-state index in [4.69, 9.17) is 17.0 Å². The fraction of sp³-hybridized carbons (Fsp3) is 0.375. The number of ether oxygens (including phenoxy) is 1. The van der Waals surface area contributed by atoms with Gasteiger partial charge in [0.05, 0.1) is 0 Å². The summed E-state index contributed by atoms with van der Waals surface area (Å²) in [7, 11) is 0. The van der Waals surface area contributed by atoms with Gasteiger partial charge in [-0.15, -0.1) is 0 Å². The molecule has 1 amide bonds. The molecule has 6 heteroatoms. The molecule has 2 aliphatic rings. The maximum atomic E-state index is 11.5. The number of thiocarbonyl (C=S) groups is 1. The molecule has 1 fully saturated rings. The maximum absolute atomic E-state index is 11.5. The zero-order chi connectivity index (χ0) is 10.3. The summed E-state index contributed by atoms with van der Waals surface area (Å²) >= 11 is 4.77. The number of carbonyl (C=O) groups is 2. The van der Waals surface area contributed by atoms with Crippen LogP contribution in [0.3, 0.4) is 0 Å². The number of carbonyl (C=O) groups excluding carboxylic acids is 2. The maximum Gasteiger partial charge on any atom is 0.332 e. The van der Waals surface area contributed by atoms with E-state index >= 15 is 0 Å². The fourth-order valence-corrected chi connectivity index (χ4v) is 1.77. The van der Waals surface area contributed by atoms with E-state index in [1.807, 2.05) is 0 Å². The van der Waals surface area contributed by atoms with Gasteiger partial charge in [-0.05, 0) is 24.7 Å². The van der Waals surface area contributed by atoms with Crippen molar-refractivity contribution in [3.05, 3.63) is 11.6 Å². The first-order valence-electron chi connectivity index (χ1n) is 4.08. The van der Waals surface area contributed by atoms with Crippen molar-refractivity contribution in [1.29, 1.82) is 0 Å². The summed E-state index contributed by atoms with van der Waals surface area (Å²) in [5.74, 6) is -1.16. The molecule has 5 nitrogen and oxygen atoms in total. The lowest BCUT2D eigenvalue weighted by Gasteiger charge is -2.34. The van der Waals surface area contributed by atoms with Crippen LogP contribution in [0.15, 0.2) is 11.6 Å². The molecule has 1 saturated heterocycles. The van der Waals surface area contributed by atoms with Crippen LogP contribution in [0.4, 0.5) is 0 Å². The average Bonchev–Trinajstić information content (AvgIpc) is 1.99.